The molecule has 0 radical (unpaired) electrons. The first-order valence-corrected chi connectivity index (χ1v) is 8.79. The molecule has 1 heterocycles. The van der Waals surface area contributed by atoms with Crippen molar-refractivity contribution in [1.82, 2.24) is 4.31 Å². The molecule has 0 spiro atoms. The molecule has 1 saturated heterocycles. The monoisotopic (exact) mass is 346 g/mol. The molecule has 2 aromatic rings. The van der Waals surface area contributed by atoms with Crippen LogP contribution in [0.5, 0.6) is 0 Å². The fraction of sp³-hybridized carbons (Fsp3) is 0.235. The van der Waals surface area contributed by atoms with E-state index in [1.165, 1.54) is 0 Å². The summed E-state index contributed by atoms with van der Waals surface area (Å²) in [6, 6.07) is 13.8. The molecule has 0 amide bonds. The van der Waals surface area contributed by atoms with E-state index >= 15 is 0 Å². The van der Waals surface area contributed by atoms with Gasteiger partial charge in [-0.25, -0.2) is 12.8 Å². The van der Waals surface area contributed by atoms with Crippen molar-refractivity contribution in [2.75, 3.05) is 6.61 Å². The minimum absolute atomic E-state index is 0.103. The Bertz CT molecular complexity index is 863. The highest BCUT2D eigenvalue weighted by Crippen LogP contribution is 2.43. The molecule has 0 bridgehead atoms. The summed E-state index contributed by atoms with van der Waals surface area (Å²) in [6.45, 7) is -0.405. The third-order valence-corrected chi connectivity index (χ3v) is 6.17. The molecule has 5 nitrogen and oxygen atoms in total. The second kappa shape index (κ2) is 6.32. The number of nitriles is 1. The van der Waals surface area contributed by atoms with Crippen LogP contribution in [-0.2, 0) is 10.0 Å². The van der Waals surface area contributed by atoms with Crippen LogP contribution in [0.1, 0.15) is 11.5 Å². The number of aliphatic hydroxyl groups is 1. The standard InChI is InChI=1S/C17H15FN2O3S/c18-13-6-8-14(9-7-13)24(22,23)20-15(10-19)17(16(20)11-21)12-4-2-1-3-5-12/h1-9,15-17,21H,11H2/t15-,16-,17-/m1/s1. The lowest BCUT2D eigenvalue weighted by Crippen LogP contribution is -2.64. The van der Waals surface area contributed by atoms with Gasteiger partial charge in [0.1, 0.15) is 11.9 Å². The van der Waals surface area contributed by atoms with Crippen molar-refractivity contribution in [3.05, 3.63) is 66.0 Å². The number of hydrogen-bond donors (Lipinski definition) is 1. The topological polar surface area (TPSA) is 81.4 Å². The average Bonchev–Trinajstić information content (AvgIpc) is 2.56. The van der Waals surface area contributed by atoms with Crippen LogP contribution in [0.25, 0.3) is 0 Å². The van der Waals surface area contributed by atoms with Crippen LogP contribution in [0, 0.1) is 17.1 Å². The molecule has 0 unspecified atom stereocenters. The minimum atomic E-state index is -4.00. The summed E-state index contributed by atoms with van der Waals surface area (Å²) in [5.41, 5.74) is 0.800. The summed E-state index contributed by atoms with van der Waals surface area (Å²) in [4.78, 5) is -0.103. The molecular formula is C17H15FN2O3S. The fourth-order valence-electron chi connectivity index (χ4n) is 3.10. The lowest BCUT2D eigenvalue weighted by atomic mass is 9.78. The number of halogens is 1. The maximum atomic E-state index is 13.0. The van der Waals surface area contributed by atoms with Crippen LogP contribution >= 0.6 is 0 Å². The molecule has 0 aromatic heterocycles. The first-order chi connectivity index (χ1) is 11.5. The molecule has 7 heteroatoms. The van der Waals surface area contributed by atoms with E-state index in [1.54, 1.807) is 24.3 Å². The molecule has 24 heavy (non-hydrogen) atoms. The first-order valence-electron chi connectivity index (χ1n) is 7.35. The summed E-state index contributed by atoms with van der Waals surface area (Å²) < 4.78 is 39.6. The van der Waals surface area contributed by atoms with Crippen molar-refractivity contribution >= 4 is 10.0 Å². The van der Waals surface area contributed by atoms with Crippen LogP contribution in [0.15, 0.2) is 59.5 Å². The van der Waals surface area contributed by atoms with E-state index in [0.717, 1.165) is 34.1 Å². The SMILES string of the molecule is N#C[C@@H]1[C@@H](c2ccccc2)[C@@H](CO)N1S(=O)(=O)c1ccc(F)cc1. The fourth-order valence-corrected chi connectivity index (χ4v) is 4.85. The van der Waals surface area contributed by atoms with E-state index in [0.29, 0.717) is 0 Å². The highest BCUT2D eigenvalue weighted by atomic mass is 32.2. The van der Waals surface area contributed by atoms with Crippen molar-refractivity contribution in [2.45, 2.75) is 22.9 Å². The van der Waals surface area contributed by atoms with Crippen molar-refractivity contribution in [3.63, 3.8) is 0 Å². The maximum absolute atomic E-state index is 13.0. The summed E-state index contributed by atoms with van der Waals surface area (Å²) >= 11 is 0. The Morgan fingerprint density at radius 3 is 2.29 bits per heavy atom. The number of hydrogen-bond acceptors (Lipinski definition) is 4. The van der Waals surface area contributed by atoms with E-state index < -0.39 is 40.4 Å². The van der Waals surface area contributed by atoms with Crippen LogP contribution in [0.2, 0.25) is 0 Å². The Labute approximate surface area is 139 Å². The molecule has 1 fully saturated rings. The molecule has 124 valence electrons. The Morgan fingerprint density at radius 2 is 1.75 bits per heavy atom. The highest BCUT2D eigenvalue weighted by Gasteiger charge is 2.55. The molecule has 3 rings (SSSR count). The quantitative estimate of drug-likeness (QED) is 0.916. The second-order valence-corrected chi connectivity index (χ2v) is 7.39. The summed E-state index contributed by atoms with van der Waals surface area (Å²) in [7, 11) is -4.00. The smallest absolute Gasteiger partial charge is 0.244 e. The number of sulfonamides is 1. The molecule has 0 saturated carbocycles. The van der Waals surface area contributed by atoms with Crippen LogP contribution in [0.4, 0.5) is 4.39 Å². The number of nitrogens with zero attached hydrogens (tertiary/aromatic N) is 2. The zero-order valence-corrected chi connectivity index (χ0v) is 13.4. The van der Waals surface area contributed by atoms with Gasteiger partial charge in [-0.2, -0.15) is 9.57 Å². The van der Waals surface area contributed by atoms with Crippen LogP contribution < -0.4 is 0 Å². The van der Waals surface area contributed by atoms with Crippen molar-refractivity contribution in [1.29, 1.82) is 5.26 Å². The van der Waals surface area contributed by atoms with E-state index in [9.17, 15) is 23.2 Å². The lowest BCUT2D eigenvalue weighted by Gasteiger charge is -2.50. The first kappa shape index (κ1) is 16.6. The van der Waals surface area contributed by atoms with E-state index in [4.69, 9.17) is 0 Å². The number of aliphatic hydroxyl groups excluding tert-OH is 1. The molecule has 3 atom stereocenters. The van der Waals surface area contributed by atoms with Gasteiger partial charge in [0.05, 0.1) is 23.6 Å². The maximum Gasteiger partial charge on any atom is 0.244 e. The predicted molar refractivity (Wildman–Crippen MR) is 84.9 cm³/mol. The Balaban J connectivity index is 1.99. The van der Waals surface area contributed by atoms with Crippen LogP contribution in [-0.4, -0.2) is 36.5 Å². The van der Waals surface area contributed by atoms with Gasteiger partial charge in [0.2, 0.25) is 10.0 Å². The third kappa shape index (κ3) is 2.59. The predicted octanol–water partition coefficient (Wildman–Crippen LogP) is 1.87. The Morgan fingerprint density at radius 1 is 1.12 bits per heavy atom. The van der Waals surface area contributed by atoms with Crippen LogP contribution in [0.3, 0.4) is 0 Å². The molecule has 1 aliphatic heterocycles. The zero-order valence-electron chi connectivity index (χ0n) is 12.6. The van der Waals surface area contributed by atoms with Gasteiger partial charge in [0.25, 0.3) is 0 Å². The van der Waals surface area contributed by atoms with Gasteiger partial charge in [0.15, 0.2) is 0 Å². The minimum Gasteiger partial charge on any atom is -0.395 e. The van der Waals surface area contributed by atoms with Gasteiger partial charge in [-0.15, -0.1) is 0 Å². The van der Waals surface area contributed by atoms with Gasteiger partial charge in [-0.05, 0) is 29.8 Å². The van der Waals surface area contributed by atoms with Crippen molar-refractivity contribution in [2.24, 2.45) is 0 Å². The summed E-state index contributed by atoms with van der Waals surface area (Å²) in [5, 5.41) is 19.1. The lowest BCUT2D eigenvalue weighted by molar-refractivity contribution is 0.0557. The van der Waals surface area contributed by atoms with Crippen molar-refractivity contribution < 1.29 is 17.9 Å². The molecule has 0 aliphatic carbocycles. The number of rotatable bonds is 4. The molecule has 2 aromatic carbocycles. The molecule has 1 N–H and O–H groups in total. The van der Waals surface area contributed by atoms with Gasteiger partial charge in [-0.1, -0.05) is 30.3 Å². The van der Waals surface area contributed by atoms with E-state index in [2.05, 4.69) is 0 Å². The summed E-state index contributed by atoms with van der Waals surface area (Å²) in [6.07, 6.45) is 0. The van der Waals surface area contributed by atoms with E-state index in [1.807, 2.05) is 12.1 Å². The zero-order chi connectivity index (χ0) is 17.3. The van der Waals surface area contributed by atoms with Gasteiger partial charge in [0, 0.05) is 5.92 Å². The largest absolute Gasteiger partial charge is 0.395 e. The second-order valence-electron chi connectivity index (χ2n) is 5.55. The molecule has 1 aliphatic rings. The van der Waals surface area contributed by atoms with Gasteiger partial charge >= 0.3 is 0 Å². The normalized spacial score (nSPS) is 24.1. The number of benzene rings is 2. The van der Waals surface area contributed by atoms with E-state index in [-0.39, 0.29) is 4.90 Å². The summed E-state index contributed by atoms with van der Waals surface area (Å²) in [5.74, 6) is -0.952. The Kier molecular flexibility index (Phi) is 4.37. The van der Waals surface area contributed by atoms with Crippen molar-refractivity contribution in [3.8, 4) is 6.07 Å². The average molecular weight is 346 g/mol. The Hall–Kier alpha value is -2.27. The molecular weight excluding hydrogens is 331 g/mol. The highest BCUT2D eigenvalue weighted by molar-refractivity contribution is 7.89. The third-order valence-electron chi connectivity index (χ3n) is 4.25. The van der Waals surface area contributed by atoms with Gasteiger partial charge in [-0.3, -0.25) is 0 Å². The van der Waals surface area contributed by atoms with Gasteiger partial charge < -0.3 is 5.11 Å².